The van der Waals surface area contributed by atoms with E-state index in [1.807, 2.05) is 17.0 Å². The van der Waals surface area contributed by atoms with Gasteiger partial charge in [0.15, 0.2) is 6.10 Å². The fraction of sp³-hybridized carbons (Fsp3) is 0.381. The minimum atomic E-state index is -0.605. The predicted molar refractivity (Wildman–Crippen MR) is 98.4 cm³/mol. The highest BCUT2D eigenvalue weighted by Crippen LogP contribution is 2.30. The zero-order chi connectivity index (χ0) is 18.4. The number of hydrogen-bond donors (Lipinski definition) is 0. The van der Waals surface area contributed by atoms with Crippen molar-refractivity contribution in [3.63, 3.8) is 0 Å². The number of amides is 1. The maximum atomic E-state index is 13.1. The molecule has 3 rings (SSSR count). The van der Waals surface area contributed by atoms with Crippen molar-refractivity contribution in [2.24, 2.45) is 0 Å². The average Bonchev–Trinajstić information content (AvgIpc) is 2.94. The summed E-state index contributed by atoms with van der Waals surface area (Å²) in [6, 6.07) is 13.0. The molecule has 1 amide bonds. The molecule has 1 aromatic carbocycles. The first-order chi connectivity index (χ1) is 12.7. The number of carbonyl (C=O) groups excluding carboxylic acids is 1. The number of nitrogens with zero attached hydrogens (tertiary/aromatic N) is 3. The second-order valence-electron chi connectivity index (χ2n) is 6.58. The van der Waals surface area contributed by atoms with Crippen LogP contribution in [0, 0.1) is 11.3 Å². The largest absolute Gasteiger partial charge is 0.481 e. The van der Waals surface area contributed by atoms with Crippen LogP contribution in [0.1, 0.15) is 49.8 Å². The van der Waals surface area contributed by atoms with Crippen LogP contribution < -0.4 is 4.74 Å². The van der Waals surface area contributed by atoms with Crippen LogP contribution in [-0.4, -0.2) is 28.4 Å². The number of nitriles is 1. The maximum Gasteiger partial charge on any atom is 0.263 e. The van der Waals surface area contributed by atoms with Crippen LogP contribution in [0.25, 0.3) is 0 Å². The lowest BCUT2D eigenvalue weighted by Gasteiger charge is -2.32. The van der Waals surface area contributed by atoms with Crippen molar-refractivity contribution >= 4 is 5.91 Å². The maximum absolute atomic E-state index is 13.1. The van der Waals surface area contributed by atoms with Crippen molar-refractivity contribution in [1.29, 1.82) is 5.26 Å². The van der Waals surface area contributed by atoms with Crippen molar-refractivity contribution in [3.05, 3.63) is 59.9 Å². The summed E-state index contributed by atoms with van der Waals surface area (Å²) in [5.74, 6) is 0.524. The molecule has 1 fully saturated rings. The van der Waals surface area contributed by atoms with Gasteiger partial charge < -0.3 is 9.64 Å². The van der Waals surface area contributed by atoms with E-state index in [1.165, 1.54) is 0 Å². The molecule has 0 N–H and O–H groups in total. The molecule has 5 heteroatoms. The van der Waals surface area contributed by atoms with Gasteiger partial charge in [0.2, 0.25) is 0 Å². The predicted octanol–water partition coefficient (Wildman–Crippen LogP) is 3.86. The molecule has 1 saturated heterocycles. The molecule has 1 aliphatic heterocycles. The van der Waals surface area contributed by atoms with E-state index < -0.39 is 6.10 Å². The van der Waals surface area contributed by atoms with Gasteiger partial charge in [-0.2, -0.15) is 5.26 Å². The second-order valence-corrected chi connectivity index (χ2v) is 6.58. The minimum absolute atomic E-state index is 0.0175. The molecule has 2 atom stereocenters. The van der Waals surface area contributed by atoms with E-state index in [4.69, 9.17) is 10.00 Å². The zero-order valence-corrected chi connectivity index (χ0v) is 15.0. The molecule has 0 aliphatic carbocycles. The zero-order valence-electron chi connectivity index (χ0n) is 15.0. The summed E-state index contributed by atoms with van der Waals surface area (Å²) in [5.41, 5.74) is 1.64. The molecule has 1 aliphatic rings. The number of carbonyl (C=O) groups is 1. The van der Waals surface area contributed by atoms with Crippen molar-refractivity contribution in [3.8, 4) is 11.8 Å². The number of rotatable bonds is 4. The second kappa shape index (κ2) is 8.48. The van der Waals surface area contributed by atoms with Gasteiger partial charge in [-0.05, 0) is 55.7 Å². The number of benzene rings is 1. The molecule has 134 valence electrons. The van der Waals surface area contributed by atoms with E-state index in [9.17, 15) is 4.79 Å². The van der Waals surface area contributed by atoms with Crippen LogP contribution in [0.5, 0.6) is 5.75 Å². The summed E-state index contributed by atoms with van der Waals surface area (Å²) < 4.78 is 5.84. The van der Waals surface area contributed by atoms with Gasteiger partial charge in [0.1, 0.15) is 5.75 Å². The third-order valence-corrected chi connectivity index (χ3v) is 4.75. The summed E-state index contributed by atoms with van der Waals surface area (Å²) in [7, 11) is 0. The first-order valence-electron chi connectivity index (χ1n) is 9.06. The summed E-state index contributed by atoms with van der Waals surface area (Å²) in [6.45, 7) is 2.51. The molecule has 5 nitrogen and oxygen atoms in total. The molecule has 2 aromatic rings. The molecule has 1 aromatic heterocycles. The Morgan fingerprint density at radius 1 is 1.27 bits per heavy atom. The van der Waals surface area contributed by atoms with E-state index in [0.29, 0.717) is 11.3 Å². The lowest BCUT2D eigenvalue weighted by atomic mass is 10.0. The van der Waals surface area contributed by atoms with E-state index in [0.717, 1.165) is 37.8 Å². The lowest BCUT2D eigenvalue weighted by Crippen LogP contribution is -2.42. The van der Waals surface area contributed by atoms with Gasteiger partial charge in [0, 0.05) is 18.9 Å². The fourth-order valence-electron chi connectivity index (χ4n) is 3.43. The normalized spacial score (nSPS) is 18.5. The Morgan fingerprint density at radius 3 is 2.85 bits per heavy atom. The van der Waals surface area contributed by atoms with Crippen LogP contribution in [-0.2, 0) is 4.79 Å². The minimum Gasteiger partial charge on any atom is -0.481 e. The van der Waals surface area contributed by atoms with Gasteiger partial charge in [0.05, 0.1) is 17.7 Å². The number of likely N-dealkylation sites (tertiary alicyclic amines) is 1. The molecule has 0 saturated carbocycles. The number of ether oxygens (including phenoxy) is 1. The third kappa shape index (κ3) is 4.20. The van der Waals surface area contributed by atoms with Crippen LogP contribution in [0.2, 0.25) is 0 Å². The molecule has 0 unspecified atom stereocenters. The van der Waals surface area contributed by atoms with Gasteiger partial charge >= 0.3 is 0 Å². The summed E-state index contributed by atoms with van der Waals surface area (Å²) in [5, 5.41) is 9.02. The smallest absolute Gasteiger partial charge is 0.263 e. The molecule has 0 radical (unpaired) electrons. The molecule has 2 heterocycles. The van der Waals surface area contributed by atoms with Crippen LogP contribution in [0.15, 0.2) is 48.8 Å². The highest BCUT2D eigenvalue weighted by atomic mass is 16.5. The van der Waals surface area contributed by atoms with Crippen molar-refractivity contribution in [2.45, 2.75) is 44.8 Å². The lowest BCUT2D eigenvalue weighted by molar-refractivity contribution is -0.140. The Kier molecular flexibility index (Phi) is 5.85. The first-order valence-corrected chi connectivity index (χ1v) is 9.06. The number of aromatic nitrogens is 1. The highest BCUT2D eigenvalue weighted by Gasteiger charge is 2.30. The molecule has 26 heavy (non-hydrogen) atoms. The van der Waals surface area contributed by atoms with Gasteiger partial charge in [-0.1, -0.05) is 18.9 Å². The summed E-state index contributed by atoms with van der Waals surface area (Å²) in [6.07, 6.45) is 7.13. The summed E-state index contributed by atoms with van der Waals surface area (Å²) in [4.78, 5) is 19.1. The monoisotopic (exact) mass is 349 g/mol. The Morgan fingerprint density at radius 2 is 2.08 bits per heavy atom. The Labute approximate surface area is 154 Å². The molecular formula is C21H23N3O2. The van der Waals surface area contributed by atoms with Crippen molar-refractivity contribution in [1.82, 2.24) is 9.88 Å². The van der Waals surface area contributed by atoms with E-state index in [-0.39, 0.29) is 11.9 Å². The van der Waals surface area contributed by atoms with Crippen LogP contribution in [0.4, 0.5) is 0 Å². The van der Waals surface area contributed by atoms with Crippen LogP contribution >= 0.6 is 0 Å². The van der Waals surface area contributed by atoms with Crippen molar-refractivity contribution < 1.29 is 9.53 Å². The van der Waals surface area contributed by atoms with Crippen LogP contribution in [0.3, 0.4) is 0 Å². The first kappa shape index (κ1) is 17.9. The van der Waals surface area contributed by atoms with E-state index in [2.05, 4.69) is 11.1 Å². The Hall–Kier alpha value is -2.87. The molecule has 0 bridgehead atoms. The van der Waals surface area contributed by atoms with E-state index in [1.54, 1.807) is 43.6 Å². The highest BCUT2D eigenvalue weighted by molar-refractivity contribution is 5.81. The number of hydrogen-bond acceptors (Lipinski definition) is 4. The Bertz CT molecular complexity index is 785. The van der Waals surface area contributed by atoms with E-state index >= 15 is 0 Å². The summed E-state index contributed by atoms with van der Waals surface area (Å²) >= 11 is 0. The average molecular weight is 349 g/mol. The fourth-order valence-corrected chi connectivity index (χ4v) is 3.43. The quantitative estimate of drug-likeness (QED) is 0.840. The van der Waals surface area contributed by atoms with Gasteiger partial charge in [0.25, 0.3) is 5.91 Å². The molecular weight excluding hydrogens is 326 g/mol. The van der Waals surface area contributed by atoms with Gasteiger partial charge in [-0.25, -0.2) is 0 Å². The standard InChI is InChI=1S/C21H23N3O2/c1-16(26-19-7-5-6-17(14-19)15-22)21(25)24-13-4-2-3-8-20(24)18-9-11-23-12-10-18/h5-7,9-12,14,16,20H,2-4,8,13H2,1H3/t16-,20+/m1/s1. The van der Waals surface area contributed by atoms with Gasteiger partial charge in [-0.15, -0.1) is 0 Å². The van der Waals surface area contributed by atoms with Crippen molar-refractivity contribution in [2.75, 3.05) is 6.54 Å². The van der Waals surface area contributed by atoms with Gasteiger partial charge in [-0.3, -0.25) is 9.78 Å². The third-order valence-electron chi connectivity index (χ3n) is 4.75. The SMILES string of the molecule is C[C@@H](Oc1cccc(C#N)c1)C(=O)N1CCCCC[C@H]1c1ccncc1. The topological polar surface area (TPSA) is 66.2 Å². The number of pyridine rings is 1. The Balaban J connectivity index is 1.77. The molecule has 0 spiro atoms.